The van der Waals surface area contributed by atoms with Gasteiger partial charge in [0.15, 0.2) is 5.76 Å². The highest BCUT2D eigenvalue weighted by Gasteiger charge is 2.10. The second-order valence-electron chi connectivity index (χ2n) is 4.31. The van der Waals surface area contributed by atoms with E-state index in [2.05, 4.69) is 15.6 Å². The zero-order valence-corrected chi connectivity index (χ0v) is 12.8. The molecule has 0 fully saturated rings. The fourth-order valence-corrected chi connectivity index (χ4v) is 2.68. The van der Waals surface area contributed by atoms with E-state index in [0.29, 0.717) is 16.6 Å². The molecule has 112 valence electrons. The van der Waals surface area contributed by atoms with Gasteiger partial charge in [-0.25, -0.2) is 5.43 Å². The third-order valence-electron chi connectivity index (χ3n) is 2.71. The zero-order valence-electron chi connectivity index (χ0n) is 11.3. The summed E-state index contributed by atoms with van der Waals surface area (Å²) in [5.74, 6) is 0.428. The smallest absolute Gasteiger partial charge is 0.307 e. The lowest BCUT2D eigenvalue weighted by Crippen LogP contribution is -2.16. The molecular weight excluding hydrogens is 324 g/mol. The minimum Gasteiger partial charge on any atom is -0.454 e. The number of hydrazone groups is 1. The average Bonchev–Trinajstić information content (AvgIpc) is 3.22. The van der Waals surface area contributed by atoms with E-state index in [1.54, 1.807) is 29.1 Å². The number of rotatable bonds is 5. The highest BCUT2D eigenvalue weighted by Crippen LogP contribution is 2.19. The number of hydrogen-bond acceptors (Lipinski definition) is 5. The fourth-order valence-electron chi connectivity index (χ4n) is 1.75. The molecule has 0 radical (unpaired) electrons. The number of halogens is 1. The first kappa shape index (κ1) is 14.6. The van der Waals surface area contributed by atoms with Crippen LogP contribution in [0.15, 0.2) is 52.2 Å². The molecule has 0 spiro atoms. The number of carbonyl (C=O) groups excluding carboxylic acids is 1. The van der Waals surface area contributed by atoms with Crippen LogP contribution in [0.4, 0.5) is 0 Å². The minimum atomic E-state index is -0.411. The van der Waals surface area contributed by atoms with Crippen LogP contribution in [0.5, 0.6) is 0 Å². The topological polar surface area (TPSA) is 72.4 Å². The van der Waals surface area contributed by atoms with Crippen molar-refractivity contribution >= 4 is 35.1 Å². The van der Waals surface area contributed by atoms with E-state index in [1.807, 2.05) is 18.3 Å². The number of nitrogens with one attached hydrogen (secondary N) is 1. The van der Waals surface area contributed by atoms with Crippen molar-refractivity contribution < 1.29 is 9.21 Å². The molecule has 3 rings (SSSR count). The molecule has 1 amide bonds. The molecule has 1 N–H and O–H groups in total. The summed E-state index contributed by atoms with van der Waals surface area (Å²) in [4.78, 5) is 12.7. The highest BCUT2D eigenvalue weighted by molar-refractivity contribution is 7.17. The number of furan rings is 1. The molecule has 0 saturated heterocycles. The van der Waals surface area contributed by atoms with E-state index in [9.17, 15) is 4.79 Å². The number of amides is 1. The lowest BCUT2D eigenvalue weighted by molar-refractivity contribution is 0.0925. The maximum Gasteiger partial charge on any atom is 0.307 e. The van der Waals surface area contributed by atoms with Crippen molar-refractivity contribution in [3.05, 3.63) is 63.5 Å². The molecule has 0 saturated carbocycles. The van der Waals surface area contributed by atoms with Crippen LogP contribution in [-0.2, 0) is 6.54 Å². The Labute approximate surface area is 135 Å². The van der Waals surface area contributed by atoms with Gasteiger partial charge in [-0.05, 0) is 30.3 Å². The van der Waals surface area contributed by atoms with Crippen molar-refractivity contribution in [3.63, 3.8) is 0 Å². The summed E-state index contributed by atoms with van der Waals surface area (Å²) in [6, 6.07) is 8.74. The first-order valence-electron chi connectivity index (χ1n) is 6.35. The predicted molar refractivity (Wildman–Crippen MR) is 84.4 cm³/mol. The molecule has 22 heavy (non-hydrogen) atoms. The molecule has 0 unspecified atom stereocenters. The molecule has 0 aliphatic rings. The van der Waals surface area contributed by atoms with Gasteiger partial charge < -0.3 is 4.42 Å². The van der Waals surface area contributed by atoms with Gasteiger partial charge in [0.2, 0.25) is 0 Å². The van der Waals surface area contributed by atoms with Crippen LogP contribution < -0.4 is 5.43 Å². The van der Waals surface area contributed by atoms with Crippen LogP contribution in [-0.4, -0.2) is 21.9 Å². The zero-order chi connectivity index (χ0) is 15.4. The number of hydrogen-bond donors (Lipinski definition) is 1. The predicted octanol–water partition coefficient (Wildman–Crippen LogP) is 3.00. The van der Waals surface area contributed by atoms with Gasteiger partial charge in [-0.2, -0.15) is 10.2 Å². The molecule has 0 atom stereocenters. The van der Waals surface area contributed by atoms with Gasteiger partial charge in [0.25, 0.3) is 0 Å². The molecule has 0 aromatic carbocycles. The van der Waals surface area contributed by atoms with E-state index < -0.39 is 5.91 Å². The molecule has 3 aromatic heterocycles. The van der Waals surface area contributed by atoms with E-state index in [0.717, 1.165) is 4.88 Å². The van der Waals surface area contributed by atoms with E-state index in [-0.39, 0.29) is 5.76 Å². The fraction of sp³-hybridized carbons (Fsp3) is 0.0714. The Bertz CT molecular complexity index is 791. The standard InChI is InChI=1S/C14H11ClN4O2S/c15-13-5-3-11(22-13)8-16-18-14(20)12-4-2-10(21-12)9-19-7-1-6-17-19/h1-8H,9H2,(H,18,20)/b16-8+. The Balaban J connectivity index is 1.58. The van der Waals surface area contributed by atoms with Crippen LogP contribution in [0.1, 0.15) is 21.2 Å². The van der Waals surface area contributed by atoms with Gasteiger partial charge >= 0.3 is 5.91 Å². The summed E-state index contributed by atoms with van der Waals surface area (Å²) in [6.07, 6.45) is 5.03. The van der Waals surface area contributed by atoms with Gasteiger partial charge in [-0.15, -0.1) is 11.3 Å². The Kier molecular flexibility index (Phi) is 4.36. The van der Waals surface area contributed by atoms with Gasteiger partial charge in [0, 0.05) is 17.3 Å². The van der Waals surface area contributed by atoms with Crippen LogP contribution in [0.2, 0.25) is 4.34 Å². The van der Waals surface area contributed by atoms with Crippen molar-refractivity contribution in [2.24, 2.45) is 5.10 Å². The van der Waals surface area contributed by atoms with Crippen molar-refractivity contribution in [1.29, 1.82) is 0 Å². The van der Waals surface area contributed by atoms with Crippen molar-refractivity contribution in [2.45, 2.75) is 6.54 Å². The van der Waals surface area contributed by atoms with Gasteiger partial charge in [0.1, 0.15) is 5.76 Å². The van der Waals surface area contributed by atoms with Crippen molar-refractivity contribution in [1.82, 2.24) is 15.2 Å². The largest absolute Gasteiger partial charge is 0.454 e. The third-order valence-corrected chi connectivity index (χ3v) is 3.88. The normalized spacial score (nSPS) is 11.1. The summed E-state index contributed by atoms with van der Waals surface area (Å²) in [7, 11) is 0. The SMILES string of the molecule is O=C(N/N=C/c1ccc(Cl)s1)c1ccc(Cn2cccn2)o1. The summed E-state index contributed by atoms with van der Waals surface area (Å²) >= 11 is 7.18. The lowest BCUT2D eigenvalue weighted by atomic mass is 10.4. The van der Waals surface area contributed by atoms with Gasteiger partial charge in [-0.1, -0.05) is 11.6 Å². The number of thiophene rings is 1. The van der Waals surface area contributed by atoms with Crippen LogP contribution in [0.3, 0.4) is 0 Å². The molecule has 0 aliphatic carbocycles. The number of nitrogens with zero attached hydrogens (tertiary/aromatic N) is 3. The molecule has 8 heteroatoms. The highest BCUT2D eigenvalue weighted by atomic mass is 35.5. The Morgan fingerprint density at radius 3 is 3.09 bits per heavy atom. The molecule has 0 aliphatic heterocycles. The molecule has 3 heterocycles. The molecular formula is C14H11ClN4O2S. The lowest BCUT2D eigenvalue weighted by Gasteiger charge is -1.97. The maximum absolute atomic E-state index is 11.9. The van der Waals surface area contributed by atoms with Gasteiger partial charge in [-0.3, -0.25) is 9.48 Å². The second kappa shape index (κ2) is 6.59. The summed E-state index contributed by atoms with van der Waals surface area (Å²) in [6.45, 7) is 0.469. The van der Waals surface area contributed by atoms with Gasteiger partial charge in [0.05, 0.1) is 17.1 Å². The Hall–Kier alpha value is -2.38. The first-order chi connectivity index (χ1) is 10.7. The average molecular weight is 335 g/mol. The number of carbonyl (C=O) groups is 1. The third kappa shape index (κ3) is 3.63. The van der Waals surface area contributed by atoms with Crippen LogP contribution in [0.25, 0.3) is 0 Å². The molecule has 0 bridgehead atoms. The monoisotopic (exact) mass is 334 g/mol. The first-order valence-corrected chi connectivity index (χ1v) is 7.55. The quantitative estimate of drug-likeness (QED) is 0.576. The Morgan fingerprint density at radius 1 is 1.45 bits per heavy atom. The van der Waals surface area contributed by atoms with Crippen LogP contribution >= 0.6 is 22.9 Å². The van der Waals surface area contributed by atoms with E-state index in [1.165, 1.54) is 17.6 Å². The maximum atomic E-state index is 11.9. The summed E-state index contributed by atoms with van der Waals surface area (Å²) in [5.41, 5.74) is 2.41. The van der Waals surface area contributed by atoms with Crippen molar-refractivity contribution in [3.8, 4) is 0 Å². The Morgan fingerprint density at radius 2 is 2.36 bits per heavy atom. The minimum absolute atomic E-state index is 0.198. The van der Waals surface area contributed by atoms with E-state index in [4.69, 9.17) is 16.0 Å². The molecule has 6 nitrogen and oxygen atoms in total. The summed E-state index contributed by atoms with van der Waals surface area (Å²) in [5, 5.41) is 7.94. The summed E-state index contributed by atoms with van der Waals surface area (Å²) < 4.78 is 7.84. The molecule has 3 aromatic rings. The van der Waals surface area contributed by atoms with Crippen molar-refractivity contribution in [2.75, 3.05) is 0 Å². The number of aromatic nitrogens is 2. The van der Waals surface area contributed by atoms with Crippen LogP contribution in [0, 0.1) is 0 Å². The van der Waals surface area contributed by atoms with E-state index >= 15 is 0 Å². The second-order valence-corrected chi connectivity index (χ2v) is 6.06.